The Hall–Kier alpha value is -5.43. The van der Waals surface area contributed by atoms with E-state index in [9.17, 15) is 13.2 Å². The zero-order chi connectivity index (χ0) is 32.2. The van der Waals surface area contributed by atoms with Gasteiger partial charge in [-0.3, -0.25) is 14.6 Å². The molecule has 4 aromatic carbocycles. The predicted octanol–water partition coefficient (Wildman–Crippen LogP) is 5.17. The Labute approximate surface area is 271 Å². The highest BCUT2D eigenvalue weighted by Gasteiger charge is 2.32. The van der Waals surface area contributed by atoms with Crippen LogP contribution in [-0.4, -0.2) is 61.6 Å². The molecule has 1 amide bonds. The topological polar surface area (TPSA) is 127 Å². The van der Waals surface area contributed by atoms with Crippen LogP contribution in [0.1, 0.15) is 17.0 Å². The lowest BCUT2D eigenvalue weighted by Gasteiger charge is -2.24. The number of carbonyl (C=O) groups is 1. The number of hydrogen-bond acceptors (Lipinski definition) is 10. The van der Waals surface area contributed by atoms with Gasteiger partial charge in [-0.1, -0.05) is 60.7 Å². The van der Waals surface area contributed by atoms with Crippen molar-refractivity contribution in [2.75, 3.05) is 31.2 Å². The van der Waals surface area contributed by atoms with Crippen molar-refractivity contribution in [3.63, 3.8) is 0 Å². The van der Waals surface area contributed by atoms with Crippen molar-refractivity contribution in [1.82, 2.24) is 15.1 Å². The molecule has 1 fully saturated rings. The van der Waals surface area contributed by atoms with Crippen molar-refractivity contribution < 1.29 is 26.5 Å². The predicted molar refractivity (Wildman–Crippen MR) is 175 cm³/mol. The van der Waals surface area contributed by atoms with Gasteiger partial charge in [0, 0.05) is 24.2 Å². The molecule has 11 nitrogen and oxygen atoms in total. The molecular weight excluding hydrogens is 618 g/mol. The van der Waals surface area contributed by atoms with Crippen molar-refractivity contribution in [3.05, 3.63) is 132 Å². The fraction of sp³-hybridized carbons (Fsp3) is 0.143. The maximum Gasteiger partial charge on any atom is 0.339 e. The van der Waals surface area contributed by atoms with E-state index in [-0.39, 0.29) is 22.2 Å². The molecule has 0 unspecified atom stereocenters. The Bertz CT molecular complexity index is 2040. The summed E-state index contributed by atoms with van der Waals surface area (Å²) >= 11 is 0. The molecule has 0 aliphatic carbocycles. The van der Waals surface area contributed by atoms with Gasteiger partial charge in [-0.2, -0.15) is 8.42 Å². The minimum absolute atomic E-state index is 0.0595. The standard InChI is InChI=1S/C35H29N5O6S/c41-35-31(23-25-11-17-29(18-12-25)46-47(42,43)30-9-5-2-6-10-30)36-33(26-7-3-1-4-8-26)40(35)28-15-13-27(14-16-28)34-38-37-32(45-34)24-39-19-21-44-22-20-39/h1-18,23H,19-22,24H2/b31-23-. The molecule has 1 aromatic heterocycles. The van der Waals surface area contributed by atoms with Gasteiger partial charge in [-0.25, -0.2) is 4.99 Å². The van der Waals surface area contributed by atoms with Crippen LogP contribution in [0.25, 0.3) is 17.5 Å². The van der Waals surface area contributed by atoms with E-state index in [1.54, 1.807) is 41.3 Å². The summed E-state index contributed by atoms with van der Waals surface area (Å²) in [5.41, 5.74) is 2.99. The molecule has 47 heavy (non-hydrogen) atoms. The van der Waals surface area contributed by atoms with Crippen molar-refractivity contribution in [2.24, 2.45) is 4.99 Å². The summed E-state index contributed by atoms with van der Waals surface area (Å²) < 4.78 is 41.8. The number of hydrogen-bond donors (Lipinski definition) is 0. The molecule has 12 heteroatoms. The van der Waals surface area contributed by atoms with Crippen molar-refractivity contribution in [2.45, 2.75) is 11.4 Å². The maximum atomic E-state index is 13.8. The average molecular weight is 648 g/mol. The highest BCUT2D eigenvalue weighted by molar-refractivity contribution is 7.87. The van der Waals surface area contributed by atoms with Crippen molar-refractivity contribution >= 4 is 33.6 Å². The number of anilines is 1. The Morgan fingerprint density at radius 2 is 1.47 bits per heavy atom. The van der Waals surface area contributed by atoms with Crippen LogP contribution in [0.3, 0.4) is 0 Å². The number of benzene rings is 4. The Kier molecular flexibility index (Phi) is 8.44. The fourth-order valence-electron chi connectivity index (χ4n) is 5.21. The molecule has 0 saturated carbocycles. The number of rotatable bonds is 9. The first-order chi connectivity index (χ1) is 22.9. The molecule has 7 rings (SSSR count). The van der Waals surface area contributed by atoms with Gasteiger partial charge >= 0.3 is 10.1 Å². The smallest absolute Gasteiger partial charge is 0.339 e. The molecule has 0 bridgehead atoms. The molecule has 0 N–H and O–H groups in total. The lowest BCUT2D eigenvalue weighted by atomic mass is 10.1. The highest BCUT2D eigenvalue weighted by atomic mass is 32.2. The van der Waals surface area contributed by atoms with Gasteiger partial charge in [0.25, 0.3) is 5.91 Å². The van der Waals surface area contributed by atoms with Gasteiger partial charge in [-0.15, -0.1) is 10.2 Å². The number of amides is 1. The molecule has 5 aromatic rings. The van der Waals surface area contributed by atoms with Crippen LogP contribution in [0.5, 0.6) is 5.75 Å². The van der Waals surface area contributed by atoms with Gasteiger partial charge in [0.15, 0.2) is 0 Å². The summed E-state index contributed by atoms with van der Waals surface area (Å²) in [6.45, 7) is 3.57. The maximum absolute atomic E-state index is 13.8. The molecule has 2 aliphatic rings. The van der Waals surface area contributed by atoms with Crippen molar-refractivity contribution in [3.8, 4) is 17.2 Å². The lowest BCUT2D eigenvalue weighted by Crippen LogP contribution is -2.35. The molecule has 0 spiro atoms. The summed E-state index contributed by atoms with van der Waals surface area (Å²) in [5.74, 6) is 1.25. The van der Waals surface area contributed by atoms with E-state index >= 15 is 0 Å². The second-order valence-electron chi connectivity index (χ2n) is 10.8. The quantitative estimate of drug-likeness (QED) is 0.157. The fourth-order valence-corrected chi connectivity index (χ4v) is 6.17. The number of aromatic nitrogens is 2. The van der Waals surface area contributed by atoms with E-state index in [2.05, 4.69) is 15.1 Å². The molecule has 236 valence electrons. The van der Waals surface area contributed by atoms with E-state index in [0.29, 0.717) is 48.6 Å². The highest BCUT2D eigenvalue weighted by Crippen LogP contribution is 2.30. The first kappa shape index (κ1) is 30.2. The van der Waals surface area contributed by atoms with E-state index in [1.807, 2.05) is 54.6 Å². The normalized spacial score (nSPS) is 16.4. The van der Waals surface area contributed by atoms with Crippen LogP contribution in [0.2, 0.25) is 0 Å². The van der Waals surface area contributed by atoms with Crippen LogP contribution in [-0.2, 0) is 26.2 Å². The number of amidine groups is 1. The number of nitrogens with zero attached hydrogens (tertiary/aromatic N) is 5. The minimum Gasteiger partial charge on any atom is -0.419 e. The van der Waals surface area contributed by atoms with Crippen LogP contribution in [0, 0.1) is 0 Å². The van der Waals surface area contributed by atoms with E-state index < -0.39 is 10.1 Å². The minimum atomic E-state index is -3.98. The summed E-state index contributed by atoms with van der Waals surface area (Å²) in [6.07, 6.45) is 1.66. The third-order valence-electron chi connectivity index (χ3n) is 7.62. The van der Waals surface area contributed by atoms with E-state index in [0.717, 1.165) is 24.2 Å². The molecule has 1 saturated heterocycles. The summed E-state index contributed by atoms with van der Waals surface area (Å²) in [4.78, 5) is 22.4. The molecular formula is C35H29N5O6S. The first-order valence-electron chi connectivity index (χ1n) is 15.0. The number of carbonyl (C=O) groups excluding carboxylic acids is 1. The molecule has 3 heterocycles. The van der Waals surface area contributed by atoms with Crippen LogP contribution >= 0.6 is 0 Å². The summed E-state index contributed by atoms with van der Waals surface area (Å²) in [7, 11) is -3.98. The number of aliphatic imine (C=N–C) groups is 1. The zero-order valence-electron chi connectivity index (χ0n) is 25.1. The van der Waals surface area contributed by atoms with Crippen LogP contribution in [0.15, 0.2) is 129 Å². The first-order valence-corrected chi connectivity index (χ1v) is 16.4. The number of ether oxygens (including phenoxy) is 1. The van der Waals surface area contributed by atoms with Crippen LogP contribution < -0.4 is 9.08 Å². The summed E-state index contributed by atoms with van der Waals surface area (Å²) in [6, 6.07) is 31.1. The van der Waals surface area contributed by atoms with Gasteiger partial charge in [-0.05, 0) is 60.2 Å². The second-order valence-corrected chi connectivity index (χ2v) is 12.4. The largest absolute Gasteiger partial charge is 0.419 e. The second kappa shape index (κ2) is 13.1. The van der Waals surface area contributed by atoms with Crippen LogP contribution in [0.4, 0.5) is 5.69 Å². The van der Waals surface area contributed by atoms with Gasteiger partial charge < -0.3 is 13.3 Å². The molecule has 0 radical (unpaired) electrons. The average Bonchev–Trinajstić information content (AvgIpc) is 3.71. The molecule has 0 atom stereocenters. The number of morpholine rings is 1. The van der Waals surface area contributed by atoms with Gasteiger partial charge in [0.1, 0.15) is 22.2 Å². The third kappa shape index (κ3) is 6.75. The SMILES string of the molecule is O=C1/C(=C/c2ccc(OS(=O)(=O)c3ccccc3)cc2)N=C(c2ccccc2)N1c1ccc(-c2nnc(CN3CCOCC3)o2)cc1. The Balaban J connectivity index is 1.11. The monoisotopic (exact) mass is 647 g/mol. The Morgan fingerprint density at radius 1 is 0.787 bits per heavy atom. The summed E-state index contributed by atoms with van der Waals surface area (Å²) in [5, 5.41) is 8.44. The molecule has 2 aliphatic heterocycles. The lowest BCUT2D eigenvalue weighted by molar-refractivity contribution is -0.113. The zero-order valence-corrected chi connectivity index (χ0v) is 25.9. The van der Waals surface area contributed by atoms with Gasteiger partial charge in [0.2, 0.25) is 11.8 Å². The van der Waals surface area contributed by atoms with E-state index in [1.165, 1.54) is 24.3 Å². The van der Waals surface area contributed by atoms with Gasteiger partial charge in [0.05, 0.1) is 25.4 Å². The third-order valence-corrected chi connectivity index (χ3v) is 8.88. The van der Waals surface area contributed by atoms with E-state index in [4.69, 9.17) is 18.3 Å². The van der Waals surface area contributed by atoms with Crippen molar-refractivity contribution in [1.29, 1.82) is 0 Å². The Morgan fingerprint density at radius 3 is 2.17 bits per heavy atom.